The summed E-state index contributed by atoms with van der Waals surface area (Å²) < 4.78 is 19.6. The van der Waals surface area contributed by atoms with E-state index in [4.69, 9.17) is 4.74 Å². The molecule has 1 aliphatic carbocycles. The highest BCUT2D eigenvalue weighted by atomic mass is 19.1. The Kier molecular flexibility index (Phi) is 4.27. The predicted molar refractivity (Wildman–Crippen MR) is 80.5 cm³/mol. The molecule has 1 saturated carbocycles. The lowest BCUT2D eigenvalue weighted by Crippen LogP contribution is -2.56. The average Bonchev–Trinajstić information content (AvgIpc) is 2.52. The molecule has 1 saturated heterocycles. The molecule has 3 nitrogen and oxygen atoms in total. The smallest absolute Gasteiger partial charge is 0.141 e. The van der Waals surface area contributed by atoms with Crippen LogP contribution >= 0.6 is 0 Å². The fraction of sp³-hybridized carbons (Fsp3) is 0.706. The number of nitrogens with one attached hydrogen (secondary N) is 1. The molecule has 116 valence electrons. The van der Waals surface area contributed by atoms with Gasteiger partial charge in [0.25, 0.3) is 0 Å². The van der Waals surface area contributed by atoms with Gasteiger partial charge in [-0.2, -0.15) is 0 Å². The normalized spacial score (nSPS) is 36.8. The van der Waals surface area contributed by atoms with Crippen molar-refractivity contribution in [1.29, 1.82) is 0 Å². The maximum Gasteiger partial charge on any atom is 0.141 e. The predicted octanol–water partition coefficient (Wildman–Crippen LogP) is 3.61. The van der Waals surface area contributed by atoms with E-state index in [2.05, 4.69) is 24.1 Å². The van der Waals surface area contributed by atoms with Gasteiger partial charge in [0.15, 0.2) is 0 Å². The van der Waals surface area contributed by atoms with Crippen LogP contribution in [0.1, 0.15) is 57.7 Å². The molecule has 0 bridgehead atoms. The standard InChI is InChI=1S/C17H25FN2O/c1-3-13-6-8-17(9-7-13)11-20-12(2)16(21-17)15-5-4-14(18)10-19-15/h4-5,10,12-13,16,20H,3,6-9,11H2,1-2H3. The largest absolute Gasteiger partial charge is 0.363 e. The maximum atomic E-state index is 13.1. The Morgan fingerprint density at radius 1 is 1.38 bits per heavy atom. The van der Waals surface area contributed by atoms with E-state index < -0.39 is 0 Å². The van der Waals surface area contributed by atoms with Crippen LogP contribution in [0.3, 0.4) is 0 Å². The molecule has 21 heavy (non-hydrogen) atoms. The van der Waals surface area contributed by atoms with Gasteiger partial charge in [-0.25, -0.2) is 4.39 Å². The molecule has 0 aromatic carbocycles. The Bertz CT molecular complexity index is 468. The molecule has 1 aliphatic heterocycles. The van der Waals surface area contributed by atoms with Crippen LogP contribution in [0, 0.1) is 11.7 Å². The summed E-state index contributed by atoms with van der Waals surface area (Å²) in [5, 5.41) is 3.58. The maximum absolute atomic E-state index is 13.1. The first-order chi connectivity index (χ1) is 10.1. The highest BCUT2D eigenvalue weighted by Gasteiger charge is 2.43. The molecule has 0 amide bonds. The minimum atomic E-state index is -0.298. The van der Waals surface area contributed by atoms with Crippen LogP contribution in [0.5, 0.6) is 0 Å². The summed E-state index contributed by atoms with van der Waals surface area (Å²) in [4.78, 5) is 4.22. The molecule has 2 atom stereocenters. The molecule has 3 rings (SSSR count). The SMILES string of the molecule is CCC1CCC2(CC1)CNC(C)C(c1ccc(F)cn1)O2. The van der Waals surface area contributed by atoms with Crippen molar-refractivity contribution in [2.24, 2.45) is 5.92 Å². The van der Waals surface area contributed by atoms with E-state index in [0.717, 1.165) is 31.0 Å². The number of aromatic nitrogens is 1. The summed E-state index contributed by atoms with van der Waals surface area (Å²) in [6, 6.07) is 3.42. The minimum Gasteiger partial charge on any atom is -0.363 e. The van der Waals surface area contributed by atoms with Crippen molar-refractivity contribution in [3.8, 4) is 0 Å². The van der Waals surface area contributed by atoms with Gasteiger partial charge in [-0.05, 0) is 50.7 Å². The Balaban J connectivity index is 1.74. The Hall–Kier alpha value is -1.00. The van der Waals surface area contributed by atoms with Crippen molar-refractivity contribution < 1.29 is 9.13 Å². The molecule has 1 N–H and O–H groups in total. The van der Waals surface area contributed by atoms with Crippen molar-refractivity contribution in [3.05, 3.63) is 29.8 Å². The molecular formula is C17H25FN2O. The van der Waals surface area contributed by atoms with Gasteiger partial charge in [0.2, 0.25) is 0 Å². The zero-order valence-corrected chi connectivity index (χ0v) is 12.9. The van der Waals surface area contributed by atoms with Crippen molar-refractivity contribution in [3.63, 3.8) is 0 Å². The zero-order chi connectivity index (χ0) is 14.9. The van der Waals surface area contributed by atoms with E-state index in [1.807, 2.05) is 0 Å². The number of halogens is 1. The fourth-order valence-corrected chi connectivity index (χ4v) is 3.65. The summed E-state index contributed by atoms with van der Waals surface area (Å²) in [5.74, 6) is 0.550. The number of rotatable bonds is 2. The van der Waals surface area contributed by atoms with E-state index in [9.17, 15) is 4.39 Å². The Labute approximate surface area is 126 Å². The Morgan fingerprint density at radius 3 is 2.76 bits per heavy atom. The van der Waals surface area contributed by atoms with Crippen LogP contribution in [0.15, 0.2) is 18.3 Å². The lowest BCUT2D eigenvalue weighted by atomic mass is 9.76. The van der Waals surface area contributed by atoms with Crippen LogP contribution in [-0.2, 0) is 4.74 Å². The molecule has 0 radical (unpaired) electrons. The second kappa shape index (κ2) is 6.01. The molecule has 2 unspecified atom stereocenters. The number of nitrogens with zero attached hydrogens (tertiary/aromatic N) is 1. The van der Waals surface area contributed by atoms with Crippen molar-refractivity contribution in [1.82, 2.24) is 10.3 Å². The molecule has 4 heteroatoms. The van der Waals surface area contributed by atoms with Crippen LogP contribution < -0.4 is 5.32 Å². The third-order valence-corrected chi connectivity index (χ3v) is 5.21. The van der Waals surface area contributed by atoms with E-state index in [-0.39, 0.29) is 23.6 Å². The number of hydrogen-bond acceptors (Lipinski definition) is 3. The lowest BCUT2D eigenvalue weighted by molar-refractivity contribution is -0.157. The first-order valence-electron chi connectivity index (χ1n) is 8.14. The summed E-state index contributed by atoms with van der Waals surface area (Å²) >= 11 is 0. The number of ether oxygens (including phenoxy) is 1. The van der Waals surface area contributed by atoms with Crippen LogP contribution in [-0.4, -0.2) is 23.2 Å². The monoisotopic (exact) mass is 292 g/mol. The second-order valence-electron chi connectivity index (χ2n) is 6.64. The molecular weight excluding hydrogens is 267 g/mol. The van der Waals surface area contributed by atoms with Crippen LogP contribution in [0.25, 0.3) is 0 Å². The summed E-state index contributed by atoms with van der Waals surface area (Å²) in [5.41, 5.74) is 0.770. The topological polar surface area (TPSA) is 34.2 Å². The molecule has 1 aromatic rings. The molecule has 2 fully saturated rings. The molecule has 1 spiro atoms. The highest BCUT2D eigenvalue weighted by Crippen LogP contribution is 2.41. The van der Waals surface area contributed by atoms with Gasteiger partial charge in [-0.15, -0.1) is 0 Å². The van der Waals surface area contributed by atoms with Crippen LogP contribution in [0.2, 0.25) is 0 Å². The van der Waals surface area contributed by atoms with E-state index >= 15 is 0 Å². The van der Waals surface area contributed by atoms with Gasteiger partial charge in [0.1, 0.15) is 11.9 Å². The van der Waals surface area contributed by atoms with Gasteiger partial charge in [-0.1, -0.05) is 13.3 Å². The lowest BCUT2D eigenvalue weighted by Gasteiger charge is -2.48. The van der Waals surface area contributed by atoms with Gasteiger partial charge in [0.05, 0.1) is 17.5 Å². The first-order valence-corrected chi connectivity index (χ1v) is 8.14. The van der Waals surface area contributed by atoms with Gasteiger partial charge >= 0.3 is 0 Å². The van der Waals surface area contributed by atoms with Crippen LogP contribution in [0.4, 0.5) is 4.39 Å². The zero-order valence-electron chi connectivity index (χ0n) is 12.9. The number of morpholine rings is 1. The average molecular weight is 292 g/mol. The van der Waals surface area contributed by atoms with E-state index in [1.54, 1.807) is 6.07 Å². The molecule has 1 aromatic heterocycles. The van der Waals surface area contributed by atoms with Gasteiger partial charge in [-0.3, -0.25) is 4.98 Å². The van der Waals surface area contributed by atoms with E-state index in [1.165, 1.54) is 31.5 Å². The molecule has 2 aliphatic rings. The third-order valence-electron chi connectivity index (χ3n) is 5.21. The third kappa shape index (κ3) is 3.11. The van der Waals surface area contributed by atoms with Crippen molar-refractivity contribution in [2.75, 3.05) is 6.54 Å². The van der Waals surface area contributed by atoms with E-state index in [0.29, 0.717) is 0 Å². The second-order valence-corrected chi connectivity index (χ2v) is 6.64. The van der Waals surface area contributed by atoms with Crippen molar-refractivity contribution in [2.45, 2.75) is 63.7 Å². The first kappa shape index (κ1) is 14.9. The highest BCUT2D eigenvalue weighted by molar-refractivity contribution is 5.12. The van der Waals surface area contributed by atoms with Gasteiger partial charge in [0, 0.05) is 12.6 Å². The number of pyridine rings is 1. The Morgan fingerprint density at radius 2 is 2.14 bits per heavy atom. The molecule has 2 heterocycles. The minimum absolute atomic E-state index is 0.0566. The fourth-order valence-electron chi connectivity index (χ4n) is 3.65. The number of hydrogen-bond donors (Lipinski definition) is 1. The quantitative estimate of drug-likeness (QED) is 0.904. The van der Waals surface area contributed by atoms with Gasteiger partial charge < -0.3 is 10.1 Å². The summed E-state index contributed by atoms with van der Waals surface area (Å²) in [6.45, 7) is 5.30. The summed E-state index contributed by atoms with van der Waals surface area (Å²) in [7, 11) is 0. The van der Waals surface area contributed by atoms with Crippen molar-refractivity contribution >= 4 is 0 Å². The summed E-state index contributed by atoms with van der Waals surface area (Å²) in [6.07, 6.45) is 7.18.